The van der Waals surface area contributed by atoms with E-state index in [4.69, 9.17) is 5.11 Å². The maximum Gasteiger partial charge on any atom is 0.323 e. The molecule has 0 aliphatic carbocycles. The SMILES string of the molecule is Cc1cccc2nc(N(C)CC(=O)O)n(C)c12. The summed E-state index contributed by atoms with van der Waals surface area (Å²) in [7, 11) is 3.63. The zero-order chi connectivity index (χ0) is 12.6. The number of rotatable bonds is 3. The van der Waals surface area contributed by atoms with Crippen LogP contribution in [0.3, 0.4) is 0 Å². The Kier molecular flexibility index (Phi) is 2.75. The molecule has 0 aliphatic heterocycles. The van der Waals surface area contributed by atoms with E-state index in [1.807, 2.05) is 36.7 Å². The molecule has 0 bridgehead atoms. The third-order valence-electron chi connectivity index (χ3n) is 2.79. The molecule has 2 rings (SSSR count). The van der Waals surface area contributed by atoms with Crippen molar-refractivity contribution < 1.29 is 9.90 Å². The number of hydrogen-bond donors (Lipinski definition) is 1. The lowest BCUT2D eigenvalue weighted by molar-refractivity contribution is -0.135. The van der Waals surface area contributed by atoms with Crippen molar-refractivity contribution in [3.05, 3.63) is 23.8 Å². The van der Waals surface area contributed by atoms with Gasteiger partial charge in [0.05, 0.1) is 11.0 Å². The van der Waals surface area contributed by atoms with E-state index < -0.39 is 5.97 Å². The number of aromatic nitrogens is 2. The highest BCUT2D eigenvalue weighted by Crippen LogP contribution is 2.22. The Labute approximate surface area is 99.3 Å². The Morgan fingerprint density at radius 1 is 1.53 bits per heavy atom. The highest BCUT2D eigenvalue weighted by molar-refractivity contribution is 5.82. The van der Waals surface area contributed by atoms with Crippen LogP contribution >= 0.6 is 0 Å². The van der Waals surface area contributed by atoms with E-state index in [1.165, 1.54) is 0 Å². The molecule has 0 radical (unpaired) electrons. The van der Waals surface area contributed by atoms with Crippen molar-refractivity contribution in [1.82, 2.24) is 9.55 Å². The number of carboxylic acid groups (broad SMARTS) is 1. The van der Waals surface area contributed by atoms with Gasteiger partial charge in [0.25, 0.3) is 0 Å². The van der Waals surface area contributed by atoms with Crippen LogP contribution in [0.15, 0.2) is 18.2 Å². The van der Waals surface area contributed by atoms with Crippen molar-refractivity contribution in [2.24, 2.45) is 7.05 Å². The minimum atomic E-state index is -0.865. The van der Waals surface area contributed by atoms with Gasteiger partial charge >= 0.3 is 5.97 Å². The Hall–Kier alpha value is -2.04. The van der Waals surface area contributed by atoms with Crippen LogP contribution in [-0.4, -0.2) is 34.2 Å². The number of carboxylic acids is 1. The van der Waals surface area contributed by atoms with E-state index in [-0.39, 0.29) is 6.54 Å². The number of nitrogens with zero attached hydrogens (tertiary/aromatic N) is 3. The van der Waals surface area contributed by atoms with Crippen LogP contribution in [0, 0.1) is 6.92 Å². The van der Waals surface area contributed by atoms with Crippen LogP contribution in [0.1, 0.15) is 5.56 Å². The number of fused-ring (bicyclic) bond motifs is 1. The summed E-state index contributed by atoms with van der Waals surface area (Å²) in [5, 5.41) is 8.79. The first-order chi connectivity index (χ1) is 8.00. The summed E-state index contributed by atoms with van der Waals surface area (Å²) in [5.41, 5.74) is 3.06. The topological polar surface area (TPSA) is 58.4 Å². The number of aryl methyl sites for hydroxylation is 2. The van der Waals surface area contributed by atoms with Crippen molar-refractivity contribution in [2.45, 2.75) is 6.92 Å². The number of likely N-dealkylation sites (N-methyl/N-ethyl adjacent to an activating group) is 1. The Balaban J connectivity index is 2.52. The first-order valence-corrected chi connectivity index (χ1v) is 5.35. The molecule has 17 heavy (non-hydrogen) atoms. The van der Waals surface area contributed by atoms with Gasteiger partial charge < -0.3 is 14.6 Å². The smallest absolute Gasteiger partial charge is 0.323 e. The van der Waals surface area contributed by atoms with Gasteiger partial charge in [-0.3, -0.25) is 4.79 Å². The second-order valence-electron chi connectivity index (χ2n) is 4.16. The zero-order valence-corrected chi connectivity index (χ0v) is 10.1. The Bertz CT molecular complexity index is 574. The first kappa shape index (κ1) is 11.4. The molecule has 0 unspecified atom stereocenters. The van der Waals surface area contributed by atoms with Gasteiger partial charge in [0.1, 0.15) is 6.54 Å². The average Bonchev–Trinajstić information content (AvgIpc) is 2.56. The van der Waals surface area contributed by atoms with E-state index in [0.29, 0.717) is 5.95 Å². The number of para-hydroxylation sites is 1. The van der Waals surface area contributed by atoms with Gasteiger partial charge in [-0.15, -0.1) is 0 Å². The van der Waals surface area contributed by atoms with Crippen LogP contribution in [-0.2, 0) is 11.8 Å². The van der Waals surface area contributed by atoms with Crippen molar-refractivity contribution in [2.75, 3.05) is 18.5 Å². The van der Waals surface area contributed by atoms with E-state index in [9.17, 15) is 4.79 Å². The van der Waals surface area contributed by atoms with Gasteiger partial charge in [-0.05, 0) is 18.6 Å². The molecule has 0 saturated heterocycles. The van der Waals surface area contributed by atoms with Crippen LogP contribution < -0.4 is 4.90 Å². The largest absolute Gasteiger partial charge is 0.480 e. The third-order valence-corrected chi connectivity index (χ3v) is 2.79. The summed E-state index contributed by atoms with van der Waals surface area (Å²) in [6.07, 6.45) is 0. The fraction of sp³-hybridized carbons (Fsp3) is 0.333. The lowest BCUT2D eigenvalue weighted by atomic mass is 10.2. The van der Waals surface area contributed by atoms with Gasteiger partial charge in [0, 0.05) is 14.1 Å². The molecule has 0 aliphatic rings. The summed E-state index contributed by atoms with van der Waals surface area (Å²) in [6, 6.07) is 5.90. The average molecular weight is 233 g/mol. The lowest BCUT2D eigenvalue weighted by Gasteiger charge is -2.15. The highest BCUT2D eigenvalue weighted by Gasteiger charge is 2.14. The molecule has 90 valence electrons. The number of aliphatic carboxylic acids is 1. The van der Waals surface area contributed by atoms with Crippen molar-refractivity contribution in [3.63, 3.8) is 0 Å². The molecule has 1 N–H and O–H groups in total. The van der Waals surface area contributed by atoms with Crippen LogP contribution in [0.2, 0.25) is 0 Å². The highest BCUT2D eigenvalue weighted by atomic mass is 16.4. The molecule has 0 atom stereocenters. The molecule has 2 aromatic rings. The van der Waals surface area contributed by atoms with E-state index >= 15 is 0 Å². The Morgan fingerprint density at radius 3 is 2.82 bits per heavy atom. The minimum Gasteiger partial charge on any atom is -0.480 e. The summed E-state index contributed by atoms with van der Waals surface area (Å²) in [5.74, 6) is -0.201. The summed E-state index contributed by atoms with van der Waals surface area (Å²) >= 11 is 0. The molecule has 0 fully saturated rings. The van der Waals surface area contributed by atoms with Gasteiger partial charge in [-0.2, -0.15) is 0 Å². The van der Waals surface area contributed by atoms with Gasteiger partial charge in [-0.1, -0.05) is 12.1 Å². The third kappa shape index (κ3) is 1.95. The normalized spacial score (nSPS) is 10.8. The summed E-state index contributed by atoms with van der Waals surface area (Å²) in [6.45, 7) is 1.96. The van der Waals surface area contributed by atoms with E-state index in [0.717, 1.165) is 16.6 Å². The van der Waals surface area contributed by atoms with E-state index in [1.54, 1.807) is 11.9 Å². The molecular formula is C12H15N3O2. The quantitative estimate of drug-likeness (QED) is 0.870. The number of hydrogen-bond acceptors (Lipinski definition) is 3. The Morgan fingerprint density at radius 2 is 2.24 bits per heavy atom. The molecule has 1 heterocycles. The fourth-order valence-corrected chi connectivity index (χ4v) is 2.07. The predicted molar refractivity (Wildman–Crippen MR) is 66.4 cm³/mol. The van der Waals surface area contributed by atoms with Crippen LogP contribution in [0.25, 0.3) is 11.0 Å². The molecule has 0 saturated carbocycles. The number of carbonyl (C=O) groups is 1. The fourth-order valence-electron chi connectivity index (χ4n) is 2.07. The van der Waals surface area contributed by atoms with E-state index in [2.05, 4.69) is 4.98 Å². The second kappa shape index (κ2) is 4.08. The number of imidazole rings is 1. The molecule has 5 nitrogen and oxygen atoms in total. The summed E-state index contributed by atoms with van der Waals surface area (Å²) < 4.78 is 1.92. The zero-order valence-electron chi connectivity index (χ0n) is 10.1. The van der Waals surface area contributed by atoms with Gasteiger partial charge in [0.2, 0.25) is 5.95 Å². The standard InChI is InChI=1S/C12H15N3O2/c1-8-5-4-6-9-11(8)15(3)12(13-9)14(2)7-10(16)17/h4-6H,7H2,1-3H3,(H,16,17). The lowest BCUT2D eigenvalue weighted by Crippen LogP contribution is -2.27. The van der Waals surface area contributed by atoms with Crippen LogP contribution in [0.5, 0.6) is 0 Å². The molecule has 1 aromatic carbocycles. The number of benzene rings is 1. The number of anilines is 1. The maximum absolute atomic E-state index is 10.7. The van der Waals surface area contributed by atoms with Crippen molar-refractivity contribution in [3.8, 4) is 0 Å². The van der Waals surface area contributed by atoms with Crippen molar-refractivity contribution in [1.29, 1.82) is 0 Å². The molecule has 5 heteroatoms. The minimum absolute atomic E-state index is 0.0593. The summed E-state index contributed by atoms with van der Waals surface area (Å²) in [4.78, 5) is 16.8. The monoisotopic (exact) mass is 233 g/mol. The molecular weight excluding hydrogens is 218 g/mol. The first-order valence-electron chi connectivity index (χ1n) is 5.35. The van der Waals surface area contributed by atoms with Gasteiger partial charge in [-0.25, -0.2) is 4.98 Å². The molecule has 0 amide bonds. The predicted octanol–water partition coefficient (Wildman–Crippen LogP) is 1.40. The van der Waals surface area contributed by atoms with Gasteiger partial charge in [0.15, 0.2) is 0 Å². The molecule has 1 aromatic heterocycles. The van der Waals surface area contributed by atoms with Crippen molar-refractivity contribution >= 4 is 23.0 Å². The maximum atomic E-state index is 10.7. The molecule has 0 spiro atoms. The second-order valence-corrected chi connectivity index (χ2v) is 4.16. The van der Waals surface area contributed by atoms with Crippen LogP contribution in [0.4, 0.5) is 5.95 Å².